The Labute approximate surface area is 83.6 Å². The molecule has 0 saturated carbocycles. The van der Waals surface area contributed by atoms with E-state index in [2.05, 4.69) is 25.4 Å². The smallest absolute Gasteiger partial charge is 0.0379 e. The molecule has 0 atom stereocenters. The van der Waals surface area contributed by atoms with Crippen LogP contribution in [-0.2, 0) is 32.7 Å². The van der Waals surface area contributed by atoms with E-state index >= 15 is 0 Å². The van der Waals surface area contributed by atoms with Crippen molar-refractivity contribution in [1.29, 1.82) is 5.41 Å². The molecule has 0 bridgehead atoms. The molecule has 4 N–H and O–H groups in total. The fourth-order valence-electron chi connectivity index (χ4n) is 0. The fourth-order valence-corrected chi connectivity index (χ4v) is 0. The van der Waals surface area contributed by atoms with Gasteiger partial charge in [-0.1, -0.05) is 19.6 Å². The van der Waals surface area contributed by atoms with Gasteiger partial charge in [0.1, 0.15) is 0 Å². The number of guanidine groups is 1. The Balaban J connectivity index is -0.0000000720. The molecule has 0 heterocycles. The Morgan fingerprint density at radius 1 is 1.44 bits per heavy atom. The first-order chi connectivity index (χ1) is 3.46. The largest absolute Gasteiger partial charge is 0.454 e. The Kier molecular flexibility index (Phi) is 20.6. The van der Waals surface area contributed by atoms with Gasteiger partial charge in [-0.05, 0) is 5.96 Å². The van der Waals surface area contributed by atoms with Gasteiger partial charge in [0.2, 0.25) is 0 Å². The monoisotopic (exact) mass is 220 g/mol. The van der Waals surface area contributed by atoms with Crippen molar-refractivity contribution in [2.45, 2.75) is 19.6 Å². The standard InChI is InChI=1S/C3H9Si.CH4N3.Y/c1-4(2)3;2-1(3)4;/h1-3H3;(H4-,2,3,4);/q;-1;. The van der Waals surface area contributed by atoms with Crippen LogP contribution >= 0.6 is 0 Å². The van der Waals surface area contributed by atoms with Crippen LogP contribution in [0.5, 0.6) is 0 Å². The maximum Gasteiger partial charge on any atom is 0.0379 e. The Hall–Kier alpha value is 0.591. The third-order valence-electron chi connectivity index (χ3n) is 0. The number of hydrogen-bond donors (Lipinski definition) is 2. The normalized spacial score (nSPS) is 6.67. The van der Waals surface area contributed by atoms with Crippen molar-refractivity contribution in [3.8, 4) is 0 Å². The molecule has 0 aromatic heterocycles. The maximum atomic E-state index is 5.94. The van der Waals surface area contributed by atoms with E-state index in [0.29, 0.717) is 0 Å². The van der Waals surface area contributed by atoms with Crippen molar-refractivity contribution < 1.29 is 32.7 Å². The van der Waals surface area contributed by atoms with Crippen LogP contribution in [0.4, 0.5) is 0 Å². The molecule has 5 heteroatoms. The Morgan fingerprint density at radius 2 is 1.44 bits per heavy atom. The fraction of sp³-hybridized carbons (Fsp3) is 0.750. The molecular weight excluding hydrogens is 207 g/mol. The molecule has 0 aliphatic heterocycles. The van der Waals surface area contributed by atoms with Gasteiger partial charge in [0.15, 0.2) is 0 Å². The van der Waals surface area contributed by atoms with Crippen molar-refractivity contribution in [2.24, 2.45) is 5.73 Å². The van der Waals surface area contributed by atoms with E-state index in [1.54, 1.807) is 0 Å². The van der Waals surface area contributed by atoms with Crippen LogP contribution in [0.3, 0.4) is 0 Å². The summed E-state index contributed by atoms with van der Waals surface area (Å²) in [5.41, 5.74) is 10.3. The van der Waals surface area contributed by atoms with Crippen molar-refractivity contribution in [2.75, 3.05) is 0 Å². The van der Waals surface area contributed by atoms with Gasteiger partial charge in [-0.2, -0.15) is 0 Å². The summed E-state index contributed by atoms with van der Waals surface area (Å²) in [7, 11) is 0.120. The molecule has 0 fully saturated rings. The van der Waals surface area contributed by atoms with Crippen LogP contribution in [0.2, 0.25) is 19.6 Å². The first kappa shape index (κ1) is 16.3. The van der Waals surface area contributed by atoms with Crippen molar-refractivity contribution >= 4 is 14.8 Å². The van der Waals surface area contributed by atoms with Crippen LogP contribution in [0.25, 0.3) is 5.73 Å². The molecule has 0 aliphatic carbocycles. The minimum atomic E-state index is -0.583. The zero-order valence-corrected chi connectivity index (χ0v) is 9.99. The van der Waals surface area contributed by atoms with Crippen LogP contribution in [-0.4, -0.2) is 14.8 Å². The SMILES string of the molecule is C[Si](C)C.N=C([NH-])N.[Y]. The van der Waals surface area contributed by atoms with Gasteiger partial charge < -0.3 is 16.9 Å². The zero-order chi connectivity index (χ0) is 7.15. The van der Waals surface area contributed by atoms with E-state index < -0.39 is 5.96 Å². The van der Waals surface area contributed by atoms with E-state index in [4.69, 9.17) is 11.1 Å². The van der Waals surface area contributed by atoms with Gasteiger partial charge in [0.25, 0.3) is 0 Å². The summed E-state index contributed by atoms with van der Waals surface area (Å²) in [4.78, 5) is 0. The van der Waals surface area contributed by atoms with Gasteiger partial charge in [-0.3, -0.25) is 0 Å². The van der Waals surface area contributed by atoms with E-state index in [1.165, 1.54) is 0 Å². The molecule has 0 aromatic carbocycles. The second-order valence-corrected chi connectivity index (χ2v) is 4.91. The summed E-state index contributed by atoms with van der Waals surface area (Å²) in [5.74, 6) is -0.583. The number of nitrogens with two attached hydrogens (primary N) is 1. The van der Waals surface area contributed by atoms with E-state index in [9.17, 15) is 0 Å². The summed E-state index contributed by atoms with van der Waals surface area (Å²) in [5, 5.41) is 5.94. The molecule has 0 amide bonds. The maximum absolute atomic E-state index is 5.94. The Morgan fingerprint density at radius 3 is 1.44 bits per heavy atom. The minimum Gasteiger partial charge on any atom is -0.454 e. The Bertz CT molecular complexity index is 60.1. The number of hydrogen-bond acceptors (Lipinski definition) is 1. The first-order valence-corrected chi connectivity index (χ1v) is 5.29. The average molecular weight is 220 g/mol. The summed E-state index contributed by atoms with van der Waals surface area (Å²) >= 11 is 0. The predicted molar refractivity (Wildman–Crippen MR) is 39.6 cm³/mol. The third kappa shape index (κ3) is 1070. The number of nitrogens with one attached hydrogen (secondary N) is 2. The van der Waals surface area contributed by atoms with Crippen molar-refractivity contribution in [3.63, 3.8) is 0 Å². The molecule has 0 saturated heterocycles. The number of rotatable bonds is 0. The molecule has 0 unspecified atom stereocenters. The van der Waals surface area contributed by atoms with Gasteiger partial charge >= 0.3 is 0 Å². The average Bonchev–Trinajstić information content (AvgIpc) is 1.25. The predicted octanol–water partition coefficient (Wildman–Crippen LogP) is 1.30. The van der Waals surface area contributed by atoms with Gasteiger partial charge in [0.05, 0.1) is 0 Å². The van der Waals surface area contributed by atoms with E-state index in [1.807, 2.05) is 0 Å². The summed E-state index contributed by atoms with van der Waals surface area (Å²) in [6.07, 6.45) is 0. The van der Waals surface area contributed by atoms with E-state index in [-0.39, 0.29) is 41.5 Å². The quantitative estimate of drug-likeness (QED) is 0.360. The van der Waals surface area contributed by atoms with Crippen LogP contribution in [0.1, 0.15) is 0 Å². The molecule has 3 nitrogen and oxygen atoms in total. The van der Waals surface area contributed by atoms with Gasteiger partial charge in [-0.15, -0.1) is 0 Å². The minimum absolute atomic E-state index is 0. The summed E-state index contributed by atoms with van der Waals surface area (Å²) < 4.78 is 0. The van der Waals surface area contributed by atoms with Crippen LogP contribution < -0.4 is 5.73 Å². The van der Waals surface area contributed by atoms with Gasteiger partial charge in [0, 0.05) is 41.5 Å². The molecule has 52 valence electrons. The molecule has 9 heavy (non-hydrogen) atoms. The molecule has 0 aliphatic rings. The van der Waals surface area contributed by atoms with Crippen molar-refractivity contribution in [3.05, 3.63) is 5.73 Å². The second-order valence-electron chi connectivity index (χ2n) is 1.91. The summed E-state index contributed by atoms with van der Waals surface area (Å²) in [6.45, 7) is 6.81. The second kappa shape index (κ2) is 11.4. The van der Waals surface area contributed by atoms with Gasteiger partial charge in [-0.25, -0.2) is 0 Å². The summed E-state index contributed by atoms with van der Waals surface area (Å²) in [6, 6.07) is 0. The van der Waals surface area contributed by atoms with E-state index in [0.717, 1.165) is 0 Å². The van der Waals surface area contributed by atoms with Crippen LogP contribution in [0, 0.1) is 5.41 Å². The molecular formula is C4H13N3SiY-. The third-order valence-corrected chi connectivity index (χ3v) is 0. The molecule has 0 spiro atoms. The van der Waals surface area contributed by atoms with Crippen molar-refractivity contribution in [1.82, 2.24) is 0 Å². The first-order valence-electron chi connectivity index (χ1n) is 2.29. The zero-order valence-electron chi connectivity index (χ0n) is 6.15. The molecule has 2 radical (unpaired) electrons. The topological polar surface area (TPSA) is 73.7 Å². The molecule has 0 aromatic rings. The van der Waals surface area contributed by atoms with Crippen LogP contribution in [0.15, 0.2) is 0 Å². The molecule has 0 rings (SSSR count).